The van der Waals surface area contributed by atoms with Crippen molar-refractivity contribution >= 4 is 17.2 Å². The lowest BCUT2D eigenvalue weighted by Gasteiger charge is -2.31. The van der Waals surface area contributed by atoms with Crippen LogP contribution >= 0.6 is 11.3 Å². The van der Waals surface area contributed by atoms with E-state index in [1.807, 2.05) is 24.0 Å². The summed E-state index contributed by atoms with van der Waals surface area (Å²) in [4.78, 5) is 29.3. The lowest BCUT2D eigenvalue weighted by atomic mass is 9.97. The lowest BCUT2D eigenvalue weighted by Crippen LogP contribution is -2.39. The highest BCUT2D eigenvalue weighted by atomic mass is 32.1. The average molecular weight is 463 g/mol. The Bertz CT molecular complexity index is 1280. The van der Waals surface area contributed by atoms with Gasteiger partial charge < -0.3 is 9.32 Å². The number of pyridine rings is 1. The van der Waals surface area contributed by atoms with Gasteiger partial charge in [0.1, 0.15) is 11.6 Å². The number of carbonyl (C=O) groups is 1. The zero-order valence-electron chi connectivity index (χ0n) is 18.2. The quantitative estimate of drug-likeness (QED) is 0.405. The Labute approximate surface area is 195 Å². The molecule has 1 atom stereocenters. The number of likely N-dealkylation sites (tertiary alicyclic amines) is 1. The van der Waals surface area contributed by atoms with Crippen molar-refractivity contribution in [3.63, 3.8) is 0 Å². The first kappa shape index (κ1) is 21.5. The Morgan fingerprint density at radius 3 is 2.97 bits per heavy atom. The molecule has 4 heterocycles. The van der Waals surface area contributed by atoms with Crippen LogP contribution in [0.3, 0.4) is 0 Å². The van der Waals surface area contributed by atoms with E-state index in [9.17, 15) is 9.18 Å². The van der Waals surface area contributed by atoms with Crippen LogP contribution in [-0.4, -0.2) is 38.8 Å². The Kier molecular flexibility index (Phi) is 6.00. The summed E-state index contributed by atoms with van der Waals surface area (Å²) in [5.74, 6) is 1.08. The van der Waals surface area contributed by atoms with Crippen LogP contribution in [0, 0.1) is 12.7 Å². The average Bonchev–Trinajstić information content (AvgIpc) is 3.48. The Balaban J connectivity index is 1.29. The van der Waals surface area contributed by atoms with Crippen molar-refractivity contribution in [1.29, 1.82) is 0 Å². The Hall–Kier alpha value is -3.39. The summed E-state index contributed by atoms with van der Waals surface area (Å²) in [7, 11) is 0. The minimum atomic E-state index is -0.265. The van der Waals surface area contributed by atoms with Gasteiger partial charge >= 0.3 is 0 Å². The summed E-state index contributed by atoms with van der Waals surface area (Å²) in [6.45, 7) is 3.19. The minimum absolute atomic E-state index is 0.0166. The predicted molar refractivity (Wildman–Crippen MR) is 124 cm³/mol. The van der Waals surface area contributed by atoms with Gasteiger partial charge in [-0.25, -0.2) is 14.4 Å². The molecule has 4 aromatic rings. The highest BCUT2D eigenvalue weighted by Crippen LogP contribution is 2.30. The molecule has 33 heavy (non-hydrogen) atoms. The molecule has 6 nitrogen and oxygen atoms in total. The van der Waals surface area contributed by atoms with E-state index in [-0.39, 0.29) is 17.6 Å². The SMILES string of the molecule is Cc1ncsc1-c1cc(C(=O)N2CCC[C@H](c3ncc(Cc4cccc(F)c4)o3)C2)ccn1. The molecule has 0 aliphatic carbocycles. The van der Waals surface area contributed by atoms with Gasteiger partial charge in [0.25, 0.3) is 5.91 Å². The van der Waals surface area contributed by atoms with E-state index >= 15 is 0 Å². The zero-order valence-corrected chi connectivity index (χ0v) is 19.0. The van der Waals surface area contributed by atoms with E-state index in [0.717, 1.165) is 34.7 Å². The molecule has 8 heteroatoms. The van der Waals surface area contributed by atoms with Crippen LogP contribution in [0.2, 0.25) is 0 Å². The number of aromatic nitrogens is 3. The van der Waals surface area contributed by atoms with Crippen molar-refractivity contribution in [2.75, 3.05) is 13.1 Å². The molecule has 1 aliphatic heterocycles. The number of carbonyl (C=O) groups excluding carboxylic acids is 1. The van der Waals surface area contributed by atoms with E-state index in [1.165, 1.54) is 23.5 Å². The molecule has 1 aliphatic rings. The van der Waals surface area contributed by atoms with Gasteiger partial charge in [0, 0.05) is 31.3 Å². The van der Waals surface area contributed by atoms with Gasteiger partial charge in [-0.3, -0.25) is 9.78 Å². The van der Waals surface area contributed by atoms with E-state index in [1.54, 1.807) is 30.0 Å². The van der Waals surface area contributed by atoms with Gasteiger partial charge in [0.15, 0.2) is 5.89 Å². The highest BCUT2D eigenvalue weighted by Gasteiger charge is 2.28. The Morgan fingerprint density at radius 2 is 2.15 bits per heavy atom. The van der Waals surface area contributed by atoms with Crippen LogP contribution in [0.5, 0.6) is 0 Å². The smallest absolute Gasteiger partial charge is 0.254 e. The van der Waals surface area contributed by atoms with Gasteiger partial charge in [0.05, 0.1) is 33.9 Å². The van der Waals surface area contributed by atoms with Crippen LogP contribution in [0.4, 0.5) is 4.39 Å². The van der Waals surface area contributed by atoms with Crippen LogP contribution < -0.4 is 0 Å². The van der Waals surface area contributed by atoms with Crippen LogP contribution in [0.15, 0.2) is 58.7 Å². The first-order valence-electron chi connectivity index (χ1n) is 10.9. The van der Waals surface area contributed by atoms with Crippen molar-refractivity contribution in [1.82, 2.24) is 19.9 Å². The third kappa shape index (κ3) is 4.71. The second-order valence-electron chi connectivity index (χ2n) is 8.26. The van der Waals surface area contributed by atoms with Gasteiger partial charge in [-0.15, -0.1) is 11.3 Å². The first-order valence-corrected chi connectivity index (χ1v) is 11.8. The van der Waals surface area contributed by atoms with Crippen LogP contribution in [0.1, 0.15) is 52.0 Å². The Morgan fingerprint density at radius 1 is 1.24 bits per heavy atom. The number of benzene rings is 1. The normalized spacial score (nSPS) is 16.2. The molecule has 3 aromatic heterocycles. The highest BCUT2D eigenvalue weighted by molar-refractivity contribution is 7.13. The zero-order chi connectivity index (χ0) is 22.8. The maximum atomic E-state index is 13.5. The lowest BCUT2D eigenvalue weighted by molar-refractivity contribution is 0.0698. The number of hydrogen-bond acceptors (Lipinski definition) is 6. The van der Waals surface area contributed by atoms with Crippen LogP contribution in [-0.2, 0) is 6.42 Å². The molecule has 0 spiro atoms. The standard InChI is InChI=1S/C25H23FN4O2S/c1-16-23(33-15-29-16)22-12-18(7-8-27-22)25(31)30-9-3-5-19(14-30)24-28-13-21(32-24)11-17-4-2-6-20(26)10-17/h2,4,6-8,10,12-13,15,19H,3,5,9,11,14H2,1H3/t19-/m0/s1. The van der Waals surface area contributed by atoms with Crippen molar-refractivity contribution in [2.24, 2.45) is 0 Å². The summed E-state index contributed by atoms with van der Waals surface area (Å²) < 4.78 is 19.5. The molecule has 1 saturated heterocycles. The second-order valence-corrected chi connectivity index (χ2v) is 9.11. The fourth-order valence-corrected chi connectivity index (χ4v) is 4.99. The molecule has 1 aromatic carbocycles. The fraction of sp³-hybridized carbons (Fsp3) is 0.280. The molecular weight excluding hydrogens is 439 g/mol. The second kappa shape index (κ2) is 9.23. The number of oxazole rings is 1. The monoisotopic (exact) mass is 462 g/mol. The maximum absolute atomic E-state index is 13.5. The van der Waals surface area contributed by atoms with Crippen molar-refractivity contribution in [2.45, 2.75) is 32.1 Å². The van der Waals surface area contributed by atoms with Gasteiger partial charge in [0.2, 0.25) is 0 Å². The van der Waals surface area contributed by atoms with Gasteiger partial charge in [-0.05, 0) is 49.6 Å². The van der Waals surface area contributed by atoms with E-state index in [4.69, 9.17) is 4.42 Å². The van der Waals surface area contributed by atoms with Gasteiger partial charge in [-0.2, -0.15) is 0 Å². The molecule has 0 unspecified atom stereocenters. The number of rotatable bonds is 5. The fourth-order valence-electron chi connectivity index (χ4n) is 4.22. The molecular formula is C25H23FN4O2S. The number of nitrogens with zero attached hydrogens (tertiary/aromatic N) is 4. The molecule has 1 amide bonds. The third-order valence-electron chi connectivity index (χ3n) is 5.88. The summed E-state index contributed by atoms with van der Waals surface area (Å²) in [5, 5.41) is 0. The minimum Gasteiger partial charge on any atom is -0.445 e. The number of amides is 1. The topological polar surface area (TPSA) is 72.1 Å². The van der Waals surface area contributed by atoms with Crippen molar-refractivity contribution in [3.05, 3.63) is 88.6 Å². The van der Waals surface area contributed by atoms with E-state index in [0.29, 0.717) is 36.7 Å². The molecule has 1 fully saturated rings. The summed E-state index contributed by atoms with van der Waals surface area (Å²) >= 11 is 1.52. The number of thiazole rings is 1. The maximum Gasteiger partial charge on any atom is 0.254 e. The van der Waals surface area contributed by atoms with E-state index in [2.05, 4.69) is 15.0 Å². The van der Waals surface area contributed by atoms with Crippen molar-refractivity contribution < 1.29 is 13.6 Å². The number of aryl methyl sites for hydroxylation is 1. The summed E-state index contributed by atoms with van der Waals surface area (Å²) in [6, 6.07) is 10.1. The third-order valence-corrected chi connectivity index (χ3v) is 6.83. The molecule has 0 N–H and O–H groups in total. The largest absolute Gasteiger partial charge is 0.445 e. The molecule has 0 bridgehead atoms. The molecule has 0 radical (unpaired) electrons. The molecule has 0 saturated carbocycles. The number of halogens is 1. The molecule has 5 rings (SSSR count). The number of hydrogen-bond donors (Lipinski definition) is 0. The summed E-state index contributed by atoms with van der Waals surface area (Å²) in [6.07, 6.45) is 5.65. The van der Waals surface area contributed by atoms with Crippen LogP contribution in [0.25, 0.3) is 10.6 Å². The number of piperidine rings is 1. The van der Waals surface area contributed by atoms with Gasteiger partial charge in [-0.1, -0.05) is 12.1 Å². The summed E-state index contributed by atoms with van der Waals surface area (Å²) in [5.41, 5.74) is 4.92. The van der Waals surface area contributed by atoms with Crippen molar-refractivity contribution in [3.8, 4) is 10.6 Å². The first-order chi connectivity index (χ1) is 16.1. The predicted octanol–water partition coefficient (Wildman–Crippen LogP) is 5.25. The molecule has 168 valence electrons. The van der Waals surface area contributed by atoms with E-state index < -0.39 is 0 Å².